The van der Waals surface area contributed by atoms with Gasteiger partial charge >= 0.3 is 0 Å². The Kier molecular flexibility index (Phi) is 1.59. The van der Waals surface area contributed by atoms with Gasteiger partial charge in [0.1, 0.15) is 0 Å². The van der Waals surface area contributed by atoms with E-state index in [0.717, 1.165) is 6.54 Å². The third kappa shape index (κ3) is 1.41. The monoisotopic (exact) mass is 116 g/mol. The average molecular weight is 116 g/mol. The molecule has 0 spiro atoms. The number of thioether (sulfide) groups is 1. The Labute approximate surface area is 47.2 Å². The summed E-state index contributed by atoms with van der Waals surface area (Å²) in [5, 5.41) is 5.23. The van der Waals surface area contributed by atoms with Gasteiger partial charge in [0, 0.05) is 12.7 Å². The molecular weight excluding hydrogens is 108 g/mol. The molecule has 0 aromatic rings. The van der Waals surface area contributed by atoms with Crippen LogP contribution < -0.4 is 11.1 Å². The molecule has 0 saturated carbocycles. The molecule has 0 fully saturated rings. The van der Waals surface area contributed by atoms with Crippen molar-refractivity contribution in [3.63, 3.8) is 0 Å². The Hall–Kier alpha value is -0.150. The lowest BCUT2D eigenvalue weighted by Gasteiger charge is -2.11. The van der Waals surface area contributed by atoms with Crippen LogP contribution in [0, 0.1) is 0 Å². The Bertz CT molecular complexity index is 81.8. The van der Waals surface area contributed by atoms with Gasteiger partial charge in [-0.05, 0) is 5.41 Å². The maximum absolute atomic E-state index is 5.48. The molecule has 3 N–H and O–H groups in total. The number of rotatable bonds is 0. The third-order valence-electron chi connectivity index (χ3n) is 0.758. The van der Waals surface area contributed by atoms with Gasteiger partial charge in [0.05, 0.1) is 5.37 Å². The quantitative estimate of drug-likeness (QED) is 0.470. The van der Waals surface area contributed by atoms with Crippen LogP contribution in [-0.2, 0) is 0 Å². The molecule has 0 amide bonds. The molecule has 1 rings (SSSR count). The molecule has 1 aliphatic heterocycles. The van der Waals surface area contributed by atoms with E-state index in [1.807, 2.05) is 11.6 Å². The smallest absolute Gasteiger partial charge is 0.0724 e. The number of nitrogens with one attached hydrogen (secondary N) is 1. The van der Waals surface area contributed by atoms with E-state index < -0.39 is 0 Å². The molecule has 1 atom stereocenters. The lowest BCUT2D eigenvalue weighted by molar-refractivity contribution is 0.795. The molecule has 3 heteroatoms. The lowest BCUT2D eigenvalue weighted by atomic mass is 10.6. The van der Waals surface area contributed by atoms with Crippen molar-refractivity contribution in [3.05, 3.63) is 11.6 Å². The molecule has 0 aliphatic carbocycles. The fourth-order valence-electron chi connectivity index (χ4n) is 0.421. The van der Waals surface area contributed by atoms with Crippen molar-refractivity contribution in [2.45, 2.75) is 5.37 Å². The summed E-state index contributed by atoms with van der Waals surface area (Å²) in [5.74, 6) is 0. The van der Waals surface area contributed by atoms with Crippen molar-refractivity contribution in [1.29, 1.82) is 0 Å². The van der Waals surface area contributed by atoms with Gasteiger partial charge in [-0.25, -0.2) is 0 Å². The van der Waals surface area contributed by atoms with Crippen LogP contribution in [0.25, 0.3) is 0 Å². The minimum atomic E-state index is 0.255. The Morgan fingerprint density at radius 3 is 3.00 bits per heavy atom. The predicted molar refractivity (Wildman–Crippen MR) is 32.7 cm³/mol. The highest BCUT2D eigenvalue weighted by molar-refractivity contribution is 8.02. The van der Waals surface area contributed by atoms with Gasteiger partial charge in [0.25, 0.3) is 0 Å². The molecular formula is C4H8N2S. The summed E-state index contributed by atoms with van der Waals surface area (Å²) in [6, 6.07) is 0. The lowest BCUT2D eigenvalue weighted by Crippen LogP contribution is -2.29. The van der Waals surface area contributed by atoms with Gasteiger partial charge in [0.15, 0.2) is 0 Å². The SMILES string of the molecule is NC1CNC=CS1. The average Bonchev–Trinajstić information content (AvgIpc) is 1.69. The zero-order chi connectivity index (χ0) is 5.11. The second kappa shape index (κ2) is 2.23. The molecule has 40 valence electrons. The van der Waals surface area contributed by atoms with E-state index in [9.17, 15) is 0 Å². The van der Waals surface area contributed by atoms with E-state index in [-0.39, 0.29) is 5.37 Å². The molecule has 0 aromatic heterocycles. The van der Waals surface area contributed by atoms with Gasteiger partial charge in [-0.2, -0.15) is 0 Å². The fourth-order valence-corrected chi connectivity index (χ4v) is 0.990. The van der Waals surface area contributed by atoms with Crippen LogP contribution in [0.3, 0.4) is 0 Å². The van der Waals surface area contributed by atoms with Gasteiger partial charge in [-0.15, -0.1) is 11.8 Å². The fraction of sp³-hybridized carbons (Fsp3) is 0.500. The standard InChI is InChI=1S/C4H8N2S/c5-4-3-6-1-2-7-4/h1-2,4,6H,3,5H2. The van der Waals surface area contributed by atoms with Crippen LogP contribution in [-0.4, -0.2) is 11.9 Å². The molecule has 0 bridgehead atoms. The summed E-state index contributed by atoms with van der Waals surface area (Å²) in [6.45, 7) is 0.890. The Morgan fingerprint density at radius 1 is 1.86 bits per heavy atom. The normalized spacial score (nSPS) is 29.6. The summed E-state index contributed by atoms with van der Waals surface area (Å²) in [4.78, 5) is 0. The number of hydrogen-bond donors (Lipinski definition) is 2. The van der Waals surface area contributed by atoms with Crippen LogP contribution in [0.5, 0.6) is 0 Å². The van der Waals surface area contributed by atoms with Crippen LogP contribution in [0.4, 0.5) is 0 Å². The first kappa shape index (κ1) is 5.00. The molecule has 1 unspecified atom stereocenters. The minimum absolute atomic E-state index is 0.255. The van der Waals surface area contributed by atoms with Crippen molar-refractivity contribution in [2.24, 2.45) is 5.73 Å². The first-order valence-corrected chi connectivity index (χ1v) is 3.13. The maximum atomic E-state index is 5.48. The van der Waals surface area contributed by atoms with Crippen LogP contribution in [0.2, 0.25) is 0 Å². The van der Waals surface area contributed by atoms with E-state index in [4.69, 9.17) is 5.73 Å². The van der Waals surface area contributed by atoms with Gasteiger partial charge in [0.2, 0.25) is 0 Å². The molecule has 1 aliphatic rings. The molecule has 0 aromatic carbocycles. The van der Waals surface area contributed by atoms with Crippen molar-refractivity contribution in [3.8, 4) is 0 Å². The van der Waals surface area contributed by atoms with Crippen molar-refractivity contribution >= 4 is 11.8 Å². The second-order valence-electron chi connectivity index (χ2n) is 1.39. The van der Waals surface area contributed by atoms with Crippen LogP contribution in [0.15, 0.2) is 11.6 Å². The first-order valence-electron chi connectivity index (χ1n) is 2.19. The van der Waals surface area contributed by atoms with Crippen LogP contribution in [0.1, 0.15) is 0 Å². The van der Waals surface area contributed by atoms with Crippen LogP contribution >= 0.6 is 11.8 Å². The summed E-state index contributed by atoms with van der Waals surface area (Å²) >= 11 is 1.65. The summed E-state index contributed by atoms with van der Waals surface area (Å²) in [5.41, 5.74) is 5.48. The number of hydrogen-bond acceptors (Lipinski definition) is 3. The largest absolute Gasteiger partial charge is 0.388 e. The molecule has 7 heavy (non-hydrogen) atoms. The van der Waals surface area contributed by atoms with Gasteiger partial charge in [-0.1, -0.05) is 0 Å². The summed E-state index contributed by atoms with van der Waals surface area (Å²) in [7, 11) is 0. The van der Waals surface area contributed by atoms with E-state index in [1.54, 1.807) is 11.8 Å². The third-order valence-corrected chi connectivity index (χ3v) is 1.57. The van der Waals surface area contributed by atoms with E-state index in [2.05, 4.69) is 5.32 Å². The number of nitrogens with two attached hydrogens (primary N) is 1. The Balaban J connectivity index is 2.32. The Morgan fingerprint density at radius 2 is 2.71 bits per heavy atom. The minimum Gasteiger partial charge on any atom is -0.388 e. The highest BCUT2D eigenvalue weighted by Gasteiger charge is 2.00. The zero-order valence-corrected chi connectivity index (χ0v) is 4.74. The van der Waals surface area contributed by atoms with E-state index >= 15 is 0 Å². The van der Waals surface area contributed by atoms with Crippen molar-refractivity contribution in [1.82, 2.24) is 5.32 Å². The summed E-state index contributed by atoms with van der Waals surface area (Å²) < 4.78 is 0. The molecule has 1 heterocycles. The zero-order valence-electron chi connectivity index (χ0n) is 3.92. The maximum Gasteiger partial charge on any atom is 0.0724 e. The second-order valence-corrected chi connectivity index (χ2v) is 2.54. The van der Waals surface area contributed by atoms with Crippen molar-refractivity contribution < 1.29 is 0 Å². The molecule has 0 saturated heterocycles. The molecule has 0 radical (unpaired) electrons. The molecule has 2 nitrogen and oxygen atoms in total. The van der Waals surface area contributed by atoms with Crippen molar-refractivity contribution in [2.75, 3.05) is 6.54 Å². The van der Waals surface area contributed by atoms with E-state index in [1.165, 1.54) is 0 Å². The summed E-state index contributed by atoms with van der Waals surface area (Å²) in [6.07, 6.45) is 1.91. The highest BCUT2D eigenvalue weighted by Crippen LogP contribution is 2.08. The van der Waals surface area contributed by atoms with Gasteiger partial charge < -0.3 is 11.1 Å². The topological polar surface area (TPSA) is 38.0 Å². The van der Waals surface area contributed by atoms with Gasteiger partial charge in [-0.3, -0.25) is 0 Å². The van der Waals surface area contributed by atoms with E-state index in [0.29, 0.717) is 0 Å². The highest BCUT2D eigenvalue weighted by atomic mass is 32.2. The predicted octanol–water partition coefficient (Wildman–Crippen LogP) is 0.0788. The first-order chi connectivity index (χ1) is 3.39.